The number of carbonyl (C=O) groups excluding carboxylic acids is 2. The summed E-state index contributed by atoms with van der Waals surface area (Å²) in [6.07, 6.45) is 0. The SMILES string of the molecule is CNC(=O)C1COCCN1C(=O)C(C)(C)NC. The zero-order chi connectivity index (χ0) is 13.1. The first-order valence-corrected chi connectivity index (χ1v) is 5.73. The normalized spacial score (nSPS) is 21.2. The van der Waals surface area contributed by atoms with E-state index in [1.165, 1.54) is 0 Å². The Morgan fingerprint density at radius 1 is 1.35 bits per heavy atom. The van der Waals surface area contributed by atoms with Crippen LogP contribution in [0.15, 0.2) is 0 Å². The van der Waals surface area contributed by atoms with Crippen molar-refractivity contribution in [1.82, 2.24) is 15.5 Å². The van der Waals surface area contributed by atoms with Gasteiger partial charge in [0.15, 0.2) is 0 Å². The van der Waals surface area contributed by atoms with Crippen LogP contribution >= 0.6 is 0 Å². The summed E-state index contributed by atoms with van der Waals surface area (Å²) in [5.74, 6) is -0.276. The Kier molecular flexibility index (Phi) is 4.47. The van der Waals surface area contributed by atoms with Gasteiger partial charge in [-0.2, -0.15) is 0 Å². The highest BCUT2D eigenvalue weighted by Crippen LogP contribution is 2.14. The molecule has 0 saturated carbocycles. The highest BCUT2D eigenvalue weighted by Gasteiger charge is 2.38. The maximum absolute atomic E-state index is 12.3. The number of nitrogens with zero attached hydrogens (tertiary/aromatic N) is 1. The molecule has 98 valence electrons. The Hall–Kier alpha value is -1.14. The molecule has 1 unspecified atom stereocenters. The molecule has 1 rings (SSSR count). The molecule has 6 nitrogen and oxygen atoms in total. The van der Waals surface area contributed by atoms with Crippen LogP contribution in [0.3, 0.4) is 0 Å². The van der Waals surface area contributed by atoms with Gasteiger partial charge in [-0.15, -0.1) is 0 Å². The van der Waals surface area contributed by atoms with Crippen LogP contribution in [-0.2, 0) is 14.3 Å². The molecule has 2 N–H and O–H groups in total. The molecule has 0 radical (unpaired) electrons. The molecule has 1 atom stereocenters. The monoisotopic (exact) mass is 243 g/mol. The highest BCUT2D eigenvalue weighted by atomic mass is 16.5. The fourth-order valence-corrected chi connectivity index (χ4v) is 1.70. The molecule has 0 bridgehead atoms. The second kappa shape index (κ2) is 5.46. The van der Waals surface area contributed by atoms with E-state index in [0.29, 0.717) is 13.2 Å². The van der Waals surface area contributed by atoms with E-state index in [4.69, 9.17) is 4.74 Å². The van der Waals surface area contributed by atoms with Crippen LogP contribution in [0.4, 0.5) is 0 Å². The molecule has 2 amide bonds. The molecular formula is C11H21N3O3. The van der Waals surface area contributed by atoms with E-state index >= 15 is 0 Å². The van der Waals surface area contributed by atoms with Crippen molar-refractivity contribution in [3.8, 4) is 0 Å². The quantitative estimate of drug-likeness (QED) is 0.664. The van der Waals surface area contributed by atoms with Gasteiger partial charge in [-0.1, -0.05) is 0 Å². The molecule has 1 heterocycles. The number of ether oxygens (including phenoxy) is 1. The van der Waals surface area contributed by atoms with Crippen LogP contribution in [-0.4, -0.2) is 62.1 Å². The van der Waals surface area contributed by atoms with Crippen LogP contribution in [0.5, 0.6) is 0 Å². The third-order valence-electron chi connectivity index (χ3n) is 3.10. The minimum absolute atomic E-state index is 0.0862. The molecule has 0 aromatic carbocycles. The fraction of sp³-hybridized carbons (Fsp3) is 0.818. The number of hydrogen-bond donors (Lipinski definition) is 2. The molecular weight excluding hydrogens is 222 g/mol. The lowest BCUT2D eigenvalue weighted by Gasteiger charge is -2.38. The maximum atomic E-state index is 12.3. The van der Waals surface area contributed by atoms with Crippen LogP contribution in [0, 0.1) is 0 Å². The molecule has 0 spiro atoms. The van der Waals surface area contributed by atoms with Crippen molar-refractivity contribution >= 4 is 11.8 Å². The Bertz CT molecular complexity index is 304. The smallest absolute Gasteiger partial charge is 0.244 e. The Balaban J connectivity index is 2.85. The van der Waals surface area contributed by atoms with Gasteiger partial charge in [0.1, 0.15) is 6.04 Å². The fourth-order valence-electron chi connectivity index (χ4n) is 1.70. The molecule has 1 aliphatic heterocycles. The van der Waals surface area contributed by atoms with Gasteiger partial charge in [0.05, 0.1) is 18.8 Å². The summed E-state index contributed by atoms with van der Waals surface area (Å²) >= 11 is 0. The van der Waals surface area contributed by atoms with Gasteiger partial charge in [-0.25, -0.2) is 0 Å². The van der Waals surface area contributed by atoms with Crippen LogP contribution < -0.4 is 10.6 Å². The summed E-state index contributed by atoms with van der Waals surface area (Å²) in [6, 6.07) is -0.533. The maximum Gasteiger partial charge on any atom is 0.244 e. The van der Waals surface area contributed by atoms with Crippen molar-refractivity contribution in [3.05, 3.63) is 0 Å². The van der Waals surface area contributed by atoms with E-state index in [0.717, 1.165) is 0 Å². The van der Waals surface area contributed by atoms with Gasteiger partial charge in [-0.05, 0) is 20.9 Å². The first-order chi connectivity index (χ1) is 7.94. The number of hydrogen-bond acceptors (Lipinski definition) is 4. The zero-order valence-electron chi connectivity index (χ0n) is 10.9. The molecule has 0 aromatic heterocycles. The van der Waals surface area contributed by atoms with Crippen LogP contribution in [0.1, 0.15) is 13.8 Å². The molecule has 1 aliphatic rings. The van der Waals surface area contributed by atoms with Gasteiger partial charge in [0, 0.05) is 13.6 Å². The van der Waals surface area contributed by atoms with E-state index in [-0.39, 0.29) is 18.4 Å². The summed E-state index contributed by atoms with van der Waals surface area (Å²) in [7, 11) is 3.29. The lowest BCUT2D eigenvalue weighted by molar-refractivity contribution is -0.152. The van der Waals surface area contributed by atoms with Crippen molar-refractivity contribution in [3.63, 3.8) is 0 Å². The standard InChI is InChI=1S/C11H21N3O3/c1-11(2,13-4)10(16)14-5-6-17-7-8(14)9(15)12-3/h8,13H,5-7H2,1-4H3,(H,12,15). The van der Waals surface area contributed by atoms with Crippen molar-refractivity contribution < 1.29 is 14.3 Å². The van der Waals surface area contributed by atoms with Gasteiger partial charge < -0.3 is 20.3 Å². The van der Waals surface area contributed by atoms with Crippen molar-refractivity contribution in [1.29, 1.82) is 0 Å². The number of morpholine rings is 1. The second-order valence-corrected chi connectivity index (χ2v) is 4.58. The van der Waals surface area contributed by atoms with Crippen molar-refractivity contribution in [2.75, 3.05) is 33.9 Å². The summed E-state index contributed by atoms with van der Waals surface area (Å²) in [5, 5.41) is 5.51. The number of rotatable bonds is 3. The van der Waals surface area contributed by atoms with Crippen molar-refractivity contribution in [2.24, 2.45) is 0 Å². The Morgan fingerprint density at radius 2 is 2.00 bits per heavy atom. The number of carbonyl (C=O) groups is 2. The average Bonchev–Trinajstić information content (AvgIpc) is 2.36. The lowest BCUT2D eigenvalue weighted by atomic mass is 10.0. The number of likely N-dealkylation sites (N-methyl/N-ethyl adjacent to an activating group) is 2. The Labute approximate surface area is 102 Å². The van der Waals surface area contributed by atoms with E-state index < -0.39 is 11.6 Å². The average molecular weight is 243 g/mol. The molecule has 17 heavy (non-hydrogen) atoms. The largest absolute Gasteiger partial charge is 0.377 e. The second-order valence-electron chi connectivity index (χ2n) is 4.58. The van der Waals surface area contributed by atoms with E-state index in [1.807, 2.05) is 0 Å². The summed E-state index contributed by atoms with van der Waals surface area (Å²) in [6.45, 7) is 4.77. The summed E-state index contributed by atoms with van der Waals surface area (Å²) in [4.78, 5) is 25.6. The third-order valence-corrected chi connectivity index (χ3v) is 3.10. The first kappa shape index (κ1) is 13.9. The van der Waals surface area contributed by atoms with Gasteiger partial charge in [0.2, 0.25) is 11.8 Å². The van der Waals surface area contributed by atoms with Crippen molar-refractivity contribution in [2.45, 2.75) is 25.4 Å². The van der Waals surface area contributed by atoms with Gasteiger partial charge in [-0.3, -0.25) is 9.59 Å². The van der Waals surface area contributed by atoms with Crippen LogP contribution in [0.2, 0.25) is 0 Å². The Morgan fingerprint density at radius 3 is 2.53 bits per heavy atom. The molecule has 1 saturated heterocycles. The minimum atomic E-state index is -0.677. The zero-order valence-corrected chi connectivity index (χ0v) is 10.9. The van der Waals surface area contributed by atoms with E-state index in [2.05, 4.69) is 10.6 Å². The number of amides is 2. The summed E-state index contributed by atoms with van der Waals surface area (Å²) in [5.41, 5.74) is -0.677. The minimum Gasteiger partial charge on any atom is -0.377 e. The van der Waals surface area contributed by atoms with E-state index in [1.54, 1.807) is 32.8 Å². The van der Waals surface area contributed by atoms with Gasteiger partial charge >= 0.3 is 0 Å². The summed E-state index contributed by atoms with van der Waals surface area (Å²) < 4.78 is 5.26. The molecule has 0 aliphatic carbocycles. The van der Waals surface area contributed by atoms with Crippen LogP contribution in [0.25, 0.3) is 0 Å². The third kappa shape index (κ3) is 2.95. The predicted octanol–water partition coefficient (Wildman–Crippen LogP) is -1.04. The van der Waals surface area contributed by atoms with Gasteiger partial charge in [0.25, 0.3) is 0 Å². The first-order valence-electron chi connectivity index (χ1n) is 5.73. The topological polar surface area (TPSA) is 70.7 Å². The predicted molar refractivity (Wildman–Crippen MR) is 63.5 cm³/mol. The molecule has 6 heteroatoms. The molecule has 0 aromatic rings. The lowest BCUT2D eigenvalue weighted by Crippen LogP contribution is -2.62. The van der Waals surface area contributed by atoms with E-state index in [9.17, 15) is 9.59 Å². The number of nitrogens with one attached hydrogen (secondary N) is 2. The highest BCUT2D eigenvalue weighted by molar-refractivity contribution is 5.91. The molecule has 1 fully saturated rings.